The molecule has 1 amide bonds. The Balaban J connectivity index is 1.66. The zero-order chi connectivity index (χ0) is 12.4. The van der Waals surface area contributed by atoms with Crippen LogP contribution in [0.4, 0.5) is 5.69 Å². The molecule has 0 radical (unpaired) electrons. The van der Waals surface area contributed by atoms with E-state index in [9.17, 15) is 4.79 Å². The molecular weight excluding hydrogens is 228 g/mol. The molecule has 1 heterocycles. The summed E-state index contributed by atoms with van der Waals surface area (Å²) in [5.41, 5.74) is 3.70. The Kier molecular flexibility index (Phi) is 3.30. The number of fused-ring (bicyclic) bond motifs is 1. The standard InChI is InChI=1S/C14H18N2O2/c17-14(13-9-18-7-6-15-13)16-12-5-4-10-2-1-3-11(10)8-12/h4-5,8,13,15H,1-3,6-7,9H2,(H,16,17). The molecule has 1 atom stereocenters. The third-order valence-electron chi connectivity index (χ3n) is 3.60. The fourth-order valence-electron chi connectivity index (χ4n) is 2.61. The number of anilines is 1. The average Bonchev–Trinajstić information content (AvgIpc) is 2.87. The zero-order valence-electron chi connectivity index (χ0n) is 10.4. The summed E-state index contributed by atoms with van der Waals surface area (Å²) in [6, 6.07) is 5.99. The number of rotatable bonds is 2. The van der Waals surface area contributed by atoms with Crippen molar-refractivity contribution < 1.29 is 9.53 Å². The maximum absolute atomic E-state index is 12.0. The van der Waals surface area contributed by atoms with Crippen molar-refractivity contribution in [3.05, 3.63) is 29.3 Å². The van der Waals surface area contributed by atoms with Crippen LogP contribution in [0.1, 0.15) is 17.5 Å². The first-order valence-electron chi connectivity index (χ1n) is 6.57. The smallest absolute Gasteiger partial charge is 0.243 e. The zero-order valence-corrected chi connectivity index (χ0v) is 10.4. The summed E-state index contributed by atoms with van der Waals surface area (Å²) in [4.78, 5) is 12.0. The van der Waals surface area contributed by atoms with Crippen molar-refractivity contribution in [3.8, 4) is 0 Å². The van der Waals surface area contributed by atoms with Crippen molar-refractivity contribution in [1.29, 1.82) is 0 Å². The van der Waals surface area contributed by atoms with Gasteiger partial charge in [0.05, 0.1) is 13.2 Å². The summed E-state index contributed by atoms with van der Waals surface area (Å²) in [5.74, 6) is -0.00681. The average molecular weight is 246 g/mol. The fourth-order valence-corrected chi connectivity index (χ4v) is 2.61. The van der Waals surface area contributed by atoms with Crippen LogP contribution in [-0.2, 0) is 22.4 Å². The lowest BCUT2D eigenvalue weighted by molar-refractivity contribution is -0.120. The molecular formula is C14H18N2O2. The summed E-state index contributed by atoms with van der Waals surface area (Å²) >= 11 is 0. The minimum absolute atomic E-state index is 0.00681. The van der Waals surface area contributed by atoms with Gasteiger partial charge in [-0.2, -0.15) is 0 Å². The van der Waals surface area contributed by atoms with Crippen LogP contribution in [-0.4, -0.2) is 31.7 Å². The molecule has 1 aromatic carbocycles. The number of hydrogen-bond acceptors (Lipinski definition) is 3. The molecule has 1 saturated heterocycles. The van der Waals surface area contributed by atoms with Crippen LogP contribution in [0.2, 0.25) is 0 Å². The Morgan fingerprint density at radius 1 is 1.33 bits per heavy atom. The molecule has 2 N–H and O–H groups in total. The van der Waals surface area contributed by atoms with E-state index in [1.165, 1.54) is 24.0 Å². The maximum atomic E-state index is 12.0. The molecule has 0 aromatic heterocycles. The van der Waals surface area contributed by atoms with Crippen LogP contribution >= 0.6 is 0 Å². The minimum Gasteiger partial charge on any atom is -0.378 e. The van der Waals surface area contributed by atoms with E-state index in [-0.39, 0.29) is 11.9 Å². The molecule has 1 aliphatic heterocycles. The lowest BCUT2D eigenvalue weighted by Gasteiger charge is -2.23. The van der Waals surface area contributed by atoms with Gasteiger partial charge in [-0.15, -0.1) is 0 Å². The summed E-state index contributed by atoms with van der Waals surface area (Å²) < 4.78 is 5.29. The van der Waals surface area contributed by atoms with Crippen molar-refractivity contribution in [2.75, 3.05) is 25.1 Å². The van der Waals surface area contributed by atoms with Crippen LogP contribution in [0.5, 0.6) is 0 Å². The highest BCUT2D eigenvalue weighted by atomic mass is 16.5. The van der Waals surface area contributed by atoms with E-state index in [0.29, 0.717) is 13.2 Å². The quantitative estimate of drug-likeness (QED) is 0.821. The normalized spacial score (nSPS) is 22.6. The predicted octanol–water partition coefficient (Wildman–Crippen LogP) is 1.10. The molecule has 3 rings (SSSR count). The number of carbonyl (C=O) groups excluding carboxylic acids is 1. The molecule has 18 heavy (non-hydrogen) atoms. The number of hydrogen-bond donors (Lipinski definition) is 2. The van der Waals surface area contributed by atoms with Gasteiger partial charge in [0.2, 0.25) is 5.91 Å². The Bertz CT molecular complexity index is 453. The van der Waals surface area contributed by atoms with Crippen molar-refractivity contribution in [2.45, 2.75) is 25.3 Å². The molecule has 2 aliphatic rings. The molecule has 96 valence electrons. The first kappa shape index (κ1) is 11.7. The Hall–Kier alpha value is -1.39. The largest absolute Gasteiger partial charge is 0.378 e. The van der Waals surface area contributed by atoms with Gasteiger partial charge in [0, 0.05) is 12.2 Å². The third kappa shape index (κ3) is 2.40. The van der Waals surface area contributed by atoms with Crippen LogP contribution in [0.15, 0.2) is 18.2 Å². The van der Waals surface area contributed by atoms with E-state index in [1.807, 2.05) is 6.07 Å². The molecule has 0 spiro atoms. The van der Waals surface area contributed by atoms with Gasteiger partial charge < -0.3 is 15.4 Å². The number of carbonyl (C=O) groups is 1. The van der Waals surface area contributed by atoms with E-state index in [4.69, 9.17) is 4.74 Å². The van der Waals surface area contributed by atoms with Crippen molar-refractivity contribution in [3.63, 3.8) is 0 Å². The molecule has 1 aromatic rings. The van der Waals surface area contributed by atoms with Gasteiger partial charge in [-0.3, -0.25) is 4.79 Å². The van der Waals surface area contributed by atoms with E-state index >= 15 is 0 Å². The van der Waals surface area contributed by atoms with E-state index in [1.54, 1.807) is 0 Å². The molecule has 4 nitrogen and oxygen atoms in total. The number of ether oxygens (including phenoxy) is 1. The Labute approximate surface area is 107 Å². The lowest BCUT2D eigenvalue weighted by Crippen LogP contribution is -2.48. The highest BCUT2D eigenvalue weighted by Gasteiger charge is 2.21. The second kappa shape index (κ2) is 5.08. The van der Waals surface area contributed by atoms with Crippen molar-refractivity contribution >= 4 is 11.6 Å². The Morgan fingerprint density at radius 3 is 3.06 bits per heavy atom. The monoisotopic (exact) mass is 246 g/mol. The van der Waals surface area contributed by atoms with E-state index in [2.05, 4.69) is 22.8 Å². The van der Waals surface area contributed by atoms with Crippen molar-refractivity contribution in [1.82, 2.24) is 5.32 Å². The highest BCUT2D eigenvalue weighted by molar-refractivity contribution is 5.95. The molecule has 1 aliphatic carbocycles. The van der Waals surface area contributed by atoms with Gasteiger partial charge in [-0.25, -0.2) is 0 Å². The van der Waals surface area contributed by atoms with Gasteiger partial charge in [0.25, 0.3) is 0 Å². The van der Waals surface area contributed by atoms with Gasteiger partial charge in [-0.05, 0) is 42.5 Å². The molecule has 1 fully saturated rings. The summed E-state index contributed by atoms with van der Waals surface area (Å²) in [7, 11) is 0. The predicted molar refractivity (Wildman–Crippen MR) is 69.7 cm³/mol. The number of amides is 1. The van der Waals surface area contributed by atoms with E-state index < -0.39 is 0 Å². The third-order valence-corrected chi connectivity index (χ3v) is 3.60. The Morgan fingerprint density at radius 2 is 2.22 bits per heavy atom. The van der Waals surface area contributed by atoms with Crippen LogP contribution in [0.3, 0.4) is 0 Å². The summed E-state index contributed by atoms with van der Waals surface area (Å²) in [6.45, 7) is 1.88. The fraction of sp³-hybridized carbons (Fsp3) is 0.500. The SMILES string of the molecule is O=C(Nc1ccc2c(c1)CCC2)C1COCCN1. The lowest BCUT2D eigenvalue weighted by atomic mass is 10.1. The number of nitrogens with one attached hydrogen (secondary N) is 2. The first-order chi connectivity index (χ1) is 8.83. The molecule has 0 bridgehead atoms. The van der Waals surface area contributed by atoms with Crippen LogP contribution < -0.4 is 10.6 Å². The van der Waals surface area contributed by atoms with E-state index in [0.717, 1.165) is 18.7 Å². The van der Waals surface area contributed by atoms with Gasteiger partial charge >= 0.3 is 0 Å². The minimum atomic E-state index is -0.230. The van der Waals surface area contributed by atoms with Gasteiger partial charge in [0.1, 0.15) is 6.04 Å². The molecule has 4 heteroatoms. The first-order valence-corrected chi connectivity index (χ1v) is 6.57. The second-order valence-corrected chi connectivity index (χ2v) is 4.91. The molecule has 0 saturated carbocycles. The highest BCUT2D eigenvalue weighted by Crippen LogP contribution is 2.24. The van der Waals surface area contributed by atoms with Gasteiger partial charge in [0.15, 0.2) is 0 Å². The van der Waals surface area contributed by atoms with Crippen LogP contribution in [0, 0.1) is 0 Å². The maximum Gasteiger partial charge on any atom is 0.243 e. The van der Waals surface area contributed by atoms with Crippen molar-refractivity contribution in [2.24, 2.45) is 0 Å². The summed E-state index contributed by atoms with van der Waals surface area (Å²) in [5, 5.41) is 6.11. The second-order valence-electron chi connectivity index (χ2n) is 4.91. The topological polar surface area (TPSA) is 50.4 Å². The van der Waals surface area contributed by atoms with Gasteiger partial charge in [-0.1, -0.05) is 6.07 Å². The number of benzene rings is 1. The summed E-state index contributed by atoms with van der Waals surface area (Å²) in [6.07, 6.45) is 3.52. The molecule has 1 unspecified atom stereocenters. The van der Waals surface area contributed by atoms with Crippen LogP contribution in [0.25, 0.3) is 0 Å². The number of morpholine rings is 1. The number of aryl methyl sites for hydroxylation is 2.